The van der Waals surface area contributed by atoms with Gasteiger partial charge < -0.3 is 14.2 Å². The van der Waals surface area contributed by atoms with Crippen molar-refractivity contribution >= 4 is 5.97 Å². The van der Waals surface area contributed by atoms with Gasteiger partial charge >= 0.3 is 5.97 Å². The van der Waals surface area contributed by atoms with Gasteiger partial charge in [0, 0.05) is 11.1 Å². The lowest BCUT2D eigenvalue weighted by molar-refractivity contribution is 0.0728. The first-order chi connectivity index (χ1) is 20.8. The minimum absolute atomic E-state index is 0.0743. The number of hydrogen-bond acceptors (Lipinski definition) is 4. The molecule has 4 nitrogen and oxygen atoms in total. The molecular weight excluding hydrogens is 553 g/mol. The number of carbonyl (C=O) groups is 1. The fourth-order valence-electron chi connectivity index (χ4n) is 4.41. The van der Waals surface area contributed by atoms with Gasteiger partial charge in [0.05, 0.1) is 18.3 Å². The molecule has 3 rings (SSSR count). The average molecular weight is 595 g/mol. The van der Waals surface area contributed by atoms with Crippen LogP contribution in [0.4, 0.5) is 13.2 Å². The highest BCUT2D eigenvalue weighted by molar-refractivity contribution is 5.91. The number of unbranched alkanes of at least 4 members (excludes halogenated alkanes) is 7. The Bertz CT molecular complexity index is 1380. The highest BCUT2D eigenvalue weighted by atomic mass is 19.2. The fourth-order valence-corrected chi connectivity index (χ4v) is 4.41. The minimum Gasteiger partial charge on any atom is -0.490 e. The number of hydrogen-bond donors (Lipinski definition) is 0. The molecule has 230 valence electrons. The molecule has 0 aromatic heterocycles. The first kappa shape index (κ1) is 33.6. The van der Waals surface area contributed by atoms with Gasteiger partial charge in [-0.05, 0) is 80.8 Å². The maximum Gasteiger partial charge on any atom is 0.346 e. The van der Waals surface area contributed by atoms with Crippen LogP contribution in [0.5, 0.6) is 17.2 Å². The van der Waals surface area contributed by atoms with Crippen LogP contribution in [0, 0.1) is 29.3 Å². The van der Waals surface area contributed by atoms with Gasteiger partial charge in [0.25, 0.3) is 0 Å². The second kappa shape index (κ2) is 17.9. The maximum atomic E-state index is 14.6. The number of carbonyl (C=O) groups excluding carboxylic acids is 1. The topological polar surface area (TPSA) is 44.8 Å². The summed E-state index contributed by atoms with van der Waals surface area (Å²) in [4.78, 5) is 12.5. The van der Waals surface area contributed by atoms with Crippen molar-refractivity contribution < 1.29 is 32.2 Å². The molecule has 0 fully saturated rings. The van der Waals surface area contributed by atoms with E-state index in [4.69, 9.17) is 14.2 Å². The SMILES string of the molecule is CCCCCCCOc1ccc(C(=O)Oc2ccc(C#Cc3ccc(OC(C)CCCCCC)c(F)c3)cc2)c(F)c1F. The van der Waals surface area contributed by atoms with Crippen LogP contribution in [0.3, 0.4) is 0 Å². The highest BCUT2D eigenvalue weighted by Crippen LogP contribution is 2.25. The number of esters is 1. The summed E-state index contributed by atoms with van der Waals surface area (Å²) in [6, 6.07) is 13.2. The maximum absolute atomic E-state index is 14.6. The summed E-state index contributed by atoms with van der Waals surface area (Å²) in [6.07, 6.45) is 10.3. The van der Waals surface area contributed by atoms with E-state index in [0.717, 1.165) is 57.4 Å². The molecule has 3 aromatic rings. The van der Waals surface area contributed by atoms with Crippen molar-refractivity contribution in [1.29, 1.82) is 0 Å². The lowest BCUT2D eigenvalue weighted by atomic mass is 10.1. The normalized spacial score (nSPS) is 11.4. The van der Waals surface area contributed by atoms with E-state index in [2.05, 4.69) is 25.7 Å². The molecule has 0 N–H and O–H groups in total. The molecule has 0 heterocycles. The van der Waals surface area contributed by atoms with Crippen molar-refractivity contribution in [2.45, 2.75) is 91.1 Å². The van der Waals surface area contributed by atoms with Crippen LogP contribution in [0.1, 0.15) is 106 Å². The van der Waals surface area contributed by atoms with E-state index in [1.807, 2.05) is 6.92 Å². The summed E-state index contributed by atoms with van der Waals surface area (Å²) in [7, 11) is 0. The van der Waals surface area contributed by atoms with Gasteiger partial charge in [-0.2, -0.15) is 4.39 Å². The van der Waals surface area contributed by atoms with Crippen molar-refractivity contribution in [3.8, 4) is 29.1 Å². The van der Waals surface area contributed by atoms with Crippen LogP contribution in [-0.2, 0) is 0 Å². The van der Waals surface area contributed by atoms with Gasteiger partial charge in [0.15, 0.2) is 23.1 Å². The summed E-state index contributed by atoms with van der Waals surface area (Å²) in [5, 5.41) is 0. The Morgan fingerprint density at radius 3 is 2.07 bits per heavy atom. The molecule has 0 aliphatic heterocycles. The molecule has 0 aliphatic rings. The Labute approximate surface area is 253 Å². The van der Waals surface area contributed by atoms with Crippen LogP contribution in [0.2, 0.25) is 0 Å². The van der Waals surface area contributed by atoms with Crippen LogP contribution in [0.15, 0.2) is 54.6 Å². The predicted molar refractivity (Wildman–Crippen MR) is 163 cm³/mol. The lowest BCUT2D eigenvalue weighted by Gasteiger charge is -2.15. The second-order valence-corrected chi connectivity index (χ2v) is 10.6. The summed E-state index contributed by atoms with van der Waals surface area (Å²) >= 11 is 0. The molecule has 0 spiro atoms. The molecule has 0 saturated heterocycles. The summed E-state index contributed by atoms with van der Waals surface area (Å²) < 4.78 is 60.0. The van der Waals surface area contributed by atoms with Crippen LogP contribution in [0.25, 0.3) is 0 Å². The zero-order valence-electron chi connectivity index (χ0n) is 25.3. The van der Waals surface area contributed by atoms with Gasteiger partial charge in [0.1, 0.15) is 5.75 Å². The third-order valence-corrected chi connectivity index (χ3v) is 6.91. The molecule has 1 atom stereocenters. The molecule has 1 unspecified atom stereocenters. The third kappa shape index (κ3) is 11.0. The smallest absolute Gasteiger partial charge is 0.346 e. The first-order valence-corrected chi connectivity index (χ1v) is 15.2. The highest BCUT2D eigenvalue weighted by Gasteiger charge is 2.21. The molecule has 0 saturated carbocycles. The monoisotopic (exact) mass is 594 g/mol. The van der Waals surface area contributed by atoms with Crippen molar-refractivity contribution in [3.05, 3.63) is 88.7 Å². The van der Waals surface area contributed by atoms with Crippen molar-refractivity contribution in [2.75, 3.05) is 6.61 Å². The lowest BCUT2D eigenvalue weighted by Crippen LogP contribution is -2.12. The number of benzene rings is 3. The Kier molecular flexibility index (Phi) is 14.0. The van der Waals surface area contributed by atoms with E-state index in [1.54, 1.807) is 24.3 Å². The predicted octanol–water partition coefficient (Wildman–Crippen LogP) is 9.81. The van der Waals surface area contributed by atoms with Gasteiger partial charge in [-0.1, -0.05) is 70.6 Å². The Balaban J connectivity index is 1.54. The van der Waals surface area contributed by atoms with Crippen molar-refractivity contribution in [3.63, 3.8) is 0 Å². The van der Waals surface area contributed by atoms with Crippen molar-refractivity contribution in [1.82, 2.24) is 0 Å². The molecule has 3 aromatic carbocycles. The van der Waals surface area contributed by atoms with E-state index in [1.165, 1.54) is 37.1 Å². The number of halogens is 3. The molecule has 43 heavy (non-hydrogen) atoms. The van der Waals surface area contributed by atoms with Crippen LogP contribution < -0.4 is 14.2 Å². The summed E-state index contributed by atoms with van der Waals surface area (Å²) in [5.41, 5.74) is 0.545. The van der Waals surface area contributed by atoms with Crippen molar-refractivity contribution in [2.24, 2.45) is 0 Å². The second-order valence-electron chi connectivity index (χ2n) is 10.6. The minimum atomic E-state index is -1.32. The number of ether oxygens (including phenoxy) is 3. The molecule has 0 radical (unpaired) electrons. The van der Waals surface area contributed by atoms with E-state index >= 15 is 0 Å². The average Bonchev–Trinajstić information content (AvgIpc) is 3.00. The molecule has 7 heteroatoms. The molecular formula is C36H41F3O4. The molecule has 0 aliphatic carbocycles. The van der Waals surface area contributed by atoms with E-state index in [9.17, 15) is 18.0 Å². The Morgan fingerprint density at radius 1 is 0.744 bits per heavy atom. The standard InChI is InChI=1S/C36H41F3O4/c1-4-6-8-10-12-24-41-33-23-21-30(34(38)35(33)39)36(40)43-29-19-16-27(17-20-29)14-15-28-18-22-32(31(37)25-28)42-26(3)13-11-9-7-5-2/h16-23,25-26H,4-13,24H2,1-3H3. The Morgan fingerprint density at radius 2 is 1.37 bits per heavy atom. The van der Waals surface area contributed by atoms with Crippen LogP contribution >= 0.6 is 0 Å². The van der Waals surface area contributed by atoms with Gasteiger partial charge in [0.2, 0.25) is 5.82 Å². The van der Waals surface area contributed by atoms with E-state index in [0.29, 0.717) is 11.1 Å². The molecule has 0 bridgehead atoms. The van der Waals surface area contributed by atoms with Gasteiger partial charge in [-0.3, -0.25) is 0 Å². The first-order valence-electron chi connectivity index (χ1n) is 15.2. The van der Waals surface area contributed by atoms with E-state index in [-0.39, 0.29) is 30.0 Å². The van der Waals surface area contributed by atoms with Gasteiger partial charge in [-0.15, -0.1) is 0 Å². The van der Waals surface area contributed by atoms with Crippen LogP contribution in [-0.4, -0.2) is 18.7 Å². The number of rotatable bonds is 16. The summed E-state index contributed by atoms with van der Waals surface area (Å²) in [5.74, 6) is 1.90. The quantitative estimate of drug-likeness (QED) is 0.0717. The van der Waals surface area contributed by atoms with E-state index < -0.39 is 29.0 Å². The van der Waals surface area contributed by atoms with Gasteiger partial charge in [-0.25, -0.2) is 13.6 Å². The largest absolute Gasteiger partial charge is 0.490 e. The Hall–Kier alpha value is -3.92. The summed E-state index contributed by atoms with van der Waals surface area (Å²) in [6.45, 7) is 6.49. The fraction of sp³-hybridized carbons (Fsp3) is 0.417. The molecule has 0 amide bonds. The zero-order chi connectivity index (χ0) is 31.0. The third-order valence-electron chi connectivity index (χ3n) is 6.91. The zero-order valence-corrected chi connectivity index (χ0v) is 25.3.